The van der Waals surface area contributed by atoms with E-state index in [1.807, 2.05) is 30.3 Å². The fourth-order valence-corrected chi connectivity index (χ4v) is 2.80. The predicted octanol–water partition coefficient (Wildman–Crippen LogP) is 1.81. The highest BCUT2D eigenvalue weighted by atomic mass is 32.2. The number of unbranched alkanes of at least 4 members (excludes halogenated alkanes) is 2. The molecule has 0 aliphatic heterocycles. The van der Waals surface area contributed by atoms with Crippen molar-refractivity contribution >= 4 is 16.1 Å². The van der Waals surface area contributed by atoms with Crippen molar-refractivity contribution in [1.82, 2.24) is 0 Å². The van der Waals surface area contributed by atoms with Gasteiger partial charge in [0.05, 0.1) is 25.9 Å². The van der Waals surface area contributed by atoms with Crippen LogP contribution in [0, 0.1) is 0 Å². The van der Waals surface area contributed by atoms with Crippen molar-refractivity contribution < 1.29 is 22.1 Å². The van der Waals surface area contributed by atoms with E-state index < -0.39 is 16.0 Å². The molecular formula is C16H25NO5S. The van der Waals surface area contributed by atoms with E-state index in [1.165, 1.54) is 7.11 Å². The van der Waals surface area contributed by atoms with Gasteiger partial charge in [0.1, 0.15) is 0 Å². The van der Waals surface area contributed by atoms with Crippen molar-refractivity contribution in [3.8, 4) is 0 Å². The van der Waals surface area contributed by atoms with E-state index in [4.69, 9.17) is 10.5 Å². The number of carbonyl (C=O) groups excluding carboxylic acids is 1. The average molecular weight is 343 g/mol. The fraction of sp³-hybridized carbons (Fsp3) is 0.562. The topological polar surface area (TPSA) is 95.7 Å². The van der Waals surface area contributed by atoms with Crippen LogP contribution in [0.4, 0.5) is 0 Å². The molecule has 0 saturated carbocycles. The molecule has 0 unspecified atom stereocenters. The fourth-order valence-electron chi connectivity index (χ4n) is 2.38. The molecule has 0 aromatic heterocycles. The summed E-state index contributed by atoms with van der Waals surface area (Å²) in [7, 11) is -2.02. The summed E-state index contributed by atoms with van der Waals surface area (Å²) in [6, 6.07) is 8.98. The number of hydrogen-bond donors (Lipinski definition) is 1. The number of methoxy groups -OCH3 is 1. The zero-order chi connectivity index (χ0) is 17.3. The van der Waals surface area contributed by atoms with Crippen LogP contribution < -0.4 is 5.73 Å². The third-order valence-electron chi connectivity index (χ3n) is 3.52. The van der Waals surface area contributed by atoms with Gasteiger partial charge in [0, 0.05) is 6.04 Å². The Morgan fingerprint density at radius 2 is 1.83 bits per heavy atom. The van der Waals surface area contributed by atoms with Crippen LogP contribution >= 0.6 is 0 Å². The summed E-state index contributed by atoms with van der Waals surface area (Å²) in [5.74, 6) is -0.836. The van der Waals surface area contributed by atoms with Crippen LogP contribution in [0.3, 0.4) is 0 Å². The summed E-state index contributed by atoms with van der Waals surface area (Å²) in [4.78, 5) is 12.0. The van der Waals surface area contributed by atoms with Gasteiger partial charge in [0.15, 0.2) is 0 Å². The van der Waals surface area contributed by atoms with Crippen molar-refractivity contribution in [2.75, 3.05) is 20.0 Å². The maximum atomic E-state index is 12.0. The third-order valence-corrected chi connectivity index (χ3v) is 4.12. The van der Waals surface area contributed by atoms with E-state index in [2.05, 4.69) is 4.18 Å². The maximum absolute atomic E-state index is 12.0. The summed E-state index contributed by atoms with van der Waals surface area (Å²) >= 11 is 0. The Morgan fingerprint density at radius 1 is 1.17 bits per heavy atom. The van der Waals surface area contributed by atoms with Crippen LogP contribution in [-0.4, -0.2) is 40.4 Å². The molecule has 1 rings (SSSR count). The smallest absolute Gasteiger partial charge is 0.314 e. The molecule has 0 spiro atoms. The number of hydrogen-bond acceptors (Lipinski definition) is 6. The van der Waals surface area contributed by atoms with E-state index in [-0.39, 0.29) is 18.6 Å². The minimum absolute atomic E-state index is 0.174. The van der Waals surface area contributed by atoms with Gasteiger partial charge in [0.2, 0.25) is 0 Å². The highest BCUT2D eigenvalue weighted by Crippen LogP contribution is 2.23. The van der Waals surface area contributed by atoms with Crippen molar-refractivity contribution in [3.63, 3.8) is 0 Å². The Balaban J connectivity index is 2.46. The minimum atomic E-state index is -3.38. The van der Waals surface area contributed by atoms with Crippen LogP contribution in [0.5, 0.6) is 0 Å². The van der Waals surface area contributed by atoms with Crippen LogP contribution in [0.1, 0.15) is 37.2 Å². The Morgan fingerprint density at radius 3 is 2.39 bits per heavy atom. The molecule has 0 bridgehead atoms. The summed E-state index contributed by atoms with van der Waals surface area (Å²) in [5.41, 5.74) is 7.02. The second-order valence-corrected chi connectivity index (χ2v) is 7.09. The average Bonchev–Trinajstić information content (AvgIpc) is 2.50. The van der Waals surface area contributed by atoms with Gasteiger partial charge < -0.3 is 10.5 Å². The van der Waals surface area contributed by atoms with Gasteiger partial charge in [-0.3, -0.25) is 8.98 Å². The van der Waals surface area contributed by atoms with Gasteiger partial charge >= 0.3 is 5.97 Å². The number of benzene rings is 1. The van der Waals surface area contributed by atoms with Crippen molar-refractivity contribution in [1.29, 1.82) is 0 Å². The van der Waals surface area contributed by atoms with Gasteiger partial charge in [-0.2, -0.15) is 8.42 Å². The van der Waals surface area contributed by atoms with Crippen molar-refractivity contribution in [2.45, 2.75) is 37.6 Å². The summed E-state index contributed by atoms with van der Waals surface area (Å²) < 4.78 is 31.2. The molecule has 2 N–H and O–H groups in total. The van der Waals surface area contributed by atoms with Gasteiger partial charge in [-0.05, 0) is 18.4 Å². The molecule has 1 aromatic rings. The largest absolute Gasteiger partial charge is 0.469 e. The molecule has 1 aromatic carbocycles. The quantitative estimate of drug-likeness (QED) is 0.395. The van der Waals surface area contributed by atoms with E-state index in [0.29, 0.717) is 12.8 Å². The number of nitrogens with two attached hydrogens (primary N) is 1. The molecule has 0 fully saturated rings. The van der Waals surface area contributed by atoms with Crippen LogP contribution in [0.15, 0.2) is 30.3 Å². The van der Waals surface area contributed by atoms with Gasteiger partial charge in [-0.15, -0.1) is 0 Å². The Labute approximate surface area is 138 Å². The Hall–Kier alpha value is -1.44. The molecule has 0 aliphatic carbocycles. The predicted molar refractivity (Wildman–Crippen MR) is 88.4 cm³/mol. The molecule has 0 aliphatic rings. The van der Waals surface area contributed by atoms with E-state index in [1.54, 1.807) is 0 Å². The second-order valence-electron chi connectivity index (χ2n) is 5.45. The normalized spacial score (nSPS) is 14.2. The lowest BCUT2D eigenvalue weighted by Crippen LogP contribution is -2.34. The molecule has 6 nitrogen and oxygen atoms in total. The SMILES string of the molecule is COC(=O)[C@@H](c1ccccc1)[C@H](N)CCCCCOS(C)(=O)=O. The lowest BCUT2D eigenvalue weighted by molar-refractivity contribution is -0.143. The first-order chi connectivity index (χ1) is 10.8. The molecule has 0 heterocycles. The number of carbonyl (C=O) groups is 1. The van der Waals surface area contributed by atoms with E-state index in [9.17, 15) is 13.2 Å². The molecule has 0 amide bonds. The van der Waals surface area contributed by atoms with Gasteiger partial charge in [-0.25, -0.2) is 0 Å². The van der Waals surface area contributed by atoms with Gasteiger partial charge in [0.25, 0.3) is 10.1 Å². The van der Waals surface area contributed by atoms with Crippen LogP contribution in [0.25, 0.3) is 0 Å². The summed E-state index contributed by atoms with van der Waals surface area (Å²) in [6.07, 6.45) is 3.88. The maximum Gasteiger partial charge on any atom is 0.314 e. The van der Waals surface area contributed by atoms with Crippen molar-refractivity contribution in [3.05, 3.63) is 35.9 Å². The standard InChI is InChI=1S/C16H25NO5S/c1-21-16(18)15(13-9-5-3-6-10-13)14(17)11-7-4-8-12-22-23(2,19)20/h3,5-6,9-10,14-15H,4,7-8,11-12,17H2,1-2H3/t14-,15+/m1/s1. The second kappa shape index (κ2) is 9.64. The Kier molecular flexibility index (Phi) is 8.22. The first kappa shape index (κ1) is 19.6. The summed E-state index contributed by atoms with van der Waals surface area (Å²) in [6.45, 7) is 0.174. The Bertz CT molecular complexity index is 573. The molecule has 2 atom stereocenters. The minimum Gasteiger partial charge on any atom is -0.469 e. The van der Waals surface area contributed by atoms with Gasteiger partial charge in [-0.1, -0.05) is 43.2 Å². The first-order valence-electron chi connectivity index (χ1n) is 7.58. The molecule has 7 heteroatoms. The lowest BCUT2D eigenvalue weighted by atomic mass is 9.89. The molecule has 0 saturated heterocycles. The first-order valence-corrected chi connectivity index (χ1v) is 9.39. The monoisotopic (exact) mass is 343 g/mol. The zero-order valence-electron chi connectivity index (χ0n) is 13.6. The number of esters is 1. The van der Waals surface area contributed by atoms with Crippen molar-refractivity contribution in [2.24, 2.45) is 5.73 Å². The highest BCUT2D eigenvalue weighted by Gasteiger charge is 2.27. The lowest BCUT2D eigenvalue weighted by Gasteiger charge is -2.22. The van der Waals surface area contributed by atoms with Crippen LogP contribution in [0.2, 0.25) is 0 Å². The number of ether oxygens (including phenoxy) is 1. The molecule has 130 valence electrons. The number of rotatable bonds is 10. The summed E-state index contributed by atoms with van der Waals surface area (Å²) in [5, 5.41) is 0. The zero-order valence-corrected chi connectivity index (χ0v) is 14.4. The molecular weight excluding hydrogens is 318 g/mol. The molecule has 23 heavy (non-hydrogen) atoms. The third kappa shape index (κ3) is 7.58. The van der Waals surface area contributed by atoms with E-state index in [0.717, 1.165) is 24.7 Å². The molecule has 0 radical (unpaired) electrons. The highest BCUT2D eigenvalue weighted by molar-refractivity contribution is 7.85. The van der Waals surface area contributed by atoms with Crippen LogP contribution in [-0.2, 0) is 23.8 Å². The van der Waals surface area contributed by atoms with E-state index >= 15 is 0 Å².